The molecule has 1 aliphatic heterocycles. The predicted molar refractivity (Wildman–Crippen MR) is 111 cm³/mol. The lowest BCUT2D eigenvalue weighted by Crippen LogP contribution is -2.22. The molecule has 0 spiro atoms. The van der Waals surface area contributed by atoms with E-state index in [2.05, 4.69) is 20.3 Å². The zero-order valence-corrected chi connectivity index (χ0v) is 16.9. The summed E-state index contributed by atoms with van der Waals surface area (Å²) in [5, 5.41) is 17.9. The summed E-state index contributed by atoms with van der Waals surface area (Å²) < 4.78 is 23.2. The number of sulfonamides is 1. The molecule has 0 radical (unpaired) electrons. The first-order valence-electron chi connectivity index (χ1n) is 9.74. The first-order chi connectivity index (χ1) is 14.0. The van der Waals surface area contributed by atoms with E-state index in [-0.39, 0.29) is 4.90 Å². The van der Waals surface area contributed by atoms with Crippen molar-refractivity contribution >= 4 is 15.7 Å². The van der Waals surface area contributed by atoms with Crippen LogP contribution in [-0.2, 0) is 23.0 Å². The van der Waals surface area contributed by atoms with Gasteiger partial charge in [-0.15, -0.1) is 10.2 Å². The summed E-state index contributed by atoms with van der Waals surface area (Å²) in [7, 11) is -3.67. The number of aryl methyl sites for hydroxylation is 1. The summed E-state index contributed by atoms with van der Waals surface area (Å²) in [6.07, 6.45) is 3.94. The van der Waals surface area contributed by atoms with Gasteiger partial charge in [0.1, 0.15) is 0 Å². The van der Waals surface area contributed by atoms with Crippen molar-refractivity contribution in [1.29, 1.82) is 0 Å². The molecular formula is C20H24N6O2S. The van der Waals surface area contributed by atoms with Crippen molar-refractivity contribution in [2.75, 3.05) is 18.0 Å². The fraction of sp³-hybridized carbons (Fsp3) is 0.350. The van der Waals surface area contributed by atoms with Gasteiger partial charge < -0.3 is 4.90 Å². The average Bonchev–Trinajstić information content (AvgIpc) is 3.35. The Morgan fingerprint density at radius 2 is 1.79 bits per heavy atom. The second-order valence-corrected chi connectivity index (χ2v) is 8.77. The number of nitrogens with two attached hydrogens (primary N) is 1. The Morgan fingerprint density at radius 3 is 2.59 bits per heavy atom. The predicted octanol–water partition coefficient (Wildman–Crippen LogP) is 2.22. The molecular weight excluding hydrogens is 388 g/mol. The lowest BCUT2D eigenvalue weighted by atomic mass is 10.2. The minimum absolute atomic E-state index is 0.176. The summed E-state index contributed by atoms with van der Waals surface area (Å²) in [5.41, 5.74) is 3.13. The first kappa shape index (κ1) is 19.5. The second-order valence-electron chi connectivity index (χ2n) is 7.21. The standard InChI is InChI=1S/C20H24N6O2S/c21-29(27,28)18-10-9-16-11-14-25(19(16)15-18)12-5-2-6-13-26-23-20(22-24-26)17-7-3-1-4-8-17/h1,3-4,7-10,15H,2,5-6,11-14H2,(H2,21,27,28). The fourth-order valence-electron chi connectivity index (χ4n) is 3.61. The van der Waals surface area contributed by atoms with Crippen molar-refractivity contribution < 1.29 is 8.42 Å². The van der Waals surface area contributed by atoms with Crippen LogP contribution in [0.15, 0.2) is 53.4 Å². The van der Waals surface area contributed by atoms with Crippen LogP contribution in [0.1, 0.15) is 24.8 Å². The minimum Gasteiger partial charge on any atom is -0.371 e. The summed E-state index contributed by atoms with van der Waals surface area (Å²) in [5.74, 6) is 0.643. The third-order valence-corrected chi connectivity index (χ3v) is 6.06. The normalized spacial score (nSPS) is 13.6. The van der Waals surface area contributed by atoms with E-state index in [0.717, 1.165) is 56.6 Å². The van der Waals surface area contributed by atoms with Crippen LogP contribution in [0, 0.1) is 0 Å². The maximum Gasteiger partial charge on any atom is 0.238 e. The van der Waals surface area contributed by atoms with Crippen LogP contribution in [0.2, 0.25) is 0 Å². The van der Waals surface area contributed by atoms with E-state index in [1.54, 1.807) is 16.9 Å². The molecule has 0 bridgehead atoms. The zero-order chi connectivity index (χ0) is 20.3. The molecule has 0 atom stereocenters. The van der Waals surface area contributed by atoms with Crippen LogP contribution in [-0.4, -0.2) is 41.7 Å². The molecule has 2 N–H and O–H groups in total. The fourth-order valence-corrected chi connectivity index (χ4v) is 4.14. The zero-order valence-electron chi connectivity index (χ0n) is 16.1. The molecule has 0 fully saturated rings. The van der Waals surface area contributed by atoms with Gasteiger partial charge in [0.05, 0.1) is 11.4 Å². The molecule has 0 aliphatic carbocycles. The van der Waals surface area contributed by atoms with Gasteiger partial charge >= 0.3 is 0 Å². The molecule has 2 aromatic carbocycles. The summed E-state index contributed by atoms with van der Waals surface area (Å²) in [6.45, 7) is 2.53. The highest BCUT2D eigenvalue weighted by Gasteiger charge is 2.21. The Kier molecular flexibility index (Phi) is 5.59. The molecule has 29 heavy (non-hydrogen) atoms. The third kappa shape index (κ3) is 4.63. The van der Waals surface area contributed by atoms with E-state index in [4.69, 9.17) is 5.14 Å². The first-order valence-corrected chi connectivity index (χ1v) is 11.3. The number of tetrazole rings is 1. The Bertz CT molecular complexity index is 1080. The van der Waals surface area contributed by atoms with Crippen molar-refractivity contribution in [1.82, 2.24) is 20.2 Å². The number of hydrogen-bond acceptors (Lipinski definition) is 6. The number of anilines is 1. The molecule has 0 amide bonds. The minimum atomic E-state index is -3.67. The van der Waals surface area contributed by atoms with Crippen molar-refractivity contribution in [3.05, 3.63) is 54.1 Å². The van der Waals surface area contributed by atoms with Gasteiger partial charge in [-0.25, -0.2) is 13.6 Å². The highest BCUT2D eigenvalue weighted by atomic mass is 32.2. The molecule has 0 saturated carbocycles. The second kappa shape index (κ2) is 8.30. The maximum absolute atomic E-state index is 11.6. The molecule has 2 heterocycles. The van der Waals surface area contributed by atoms with Gasteiger partial charge in [-0.2, -0.15) is 4.80 Å². The van der Waals surface area contributed by atoms with Crippen LogP contribution in [0.3, 0.4) is 0 Å². The summed E-state index contributed by atoms with van der Waals surface area (Å²) >= 11 is 0. The van der Waals surface area contributed by atoms with Crippen LogP contribution in [0.5, 0.6) is 0 Å². The highest BCUT2D eigenvalue weighted by molar-refractivity contribution is 7.89. The SMILES string of the molecule is NS(=O)(=O)c1ccc2c(c1)N(CCCCCn1nnc(-c3ccccc3)n1)CC2. The van der Waals surface area contributed by atoms with Crippen LogP contribution >= 0.6 is 0 Å². The Labute approximate surface area is 170 Å². The van der Waals surface area contributed by atoms with Crippen LogP contribution in [0.4, 0.5) is 5.69 Å². The third-order valence-electron chi connectivity index (χ3n) is 5.15. The average molecular weight is 413 g/mol. The number of hydrogen-bond donors (Lipinski definition) is 1. The molecule has 0 unspecified atom stereocenters. The highest BCUT2D eigenvalue weighted by Crippen LogP contribution is 2.30. The van der Waals surface area contributed by atoms with E-state index >= 15 is 0 Å². The number of aromatic nitrogens is 4. The molecule has 0 saturated heterocycles. The topological polar surface area (TPSA) is 107 Å². The van der Waals surface area contributed by atoms with E-state index in [1.165, 1.54) is 5.56 Å². The number of nitrogens with zero attached hydrogens (tertiary/aromatic N) is 5. The quantitative estimate of drug-likeness (QED) is 0.569. The smallest absolute Gasteiger partial charge is 0.238 e. The van der Waals surface area contributed by atoms with Gasteiger partial charge in [0.2, 0.25) is 15.8 Å². The van der Waals surface area contributed by atoms with Gasteiger partial charge in [0, 0.05) is 24.3 Å². The number of unbranched alkanes of at least 4 members (excludes halogenated alkanes) is 2. The van der Waals surface area contributed by atoms with E-state index < -0.39 is 10.0 Å². The molecule has 9 heteroatoms. The number of fused-ring (bicyclic) bond motifs is 1. The number of benzene rings is 2. The van der Waals surface area contributed by atoms with Gasteiger partial charge in [-0.1, -0.05) is 36.4 Å². The molecule has 1 aliphatic rings. The summed E-state index contributed by atoms with van der Waals surface area (Å²) in [6, 6.07) is 15.0. The lowest BCUT2D eigenvalue weighted by Gasteiger charge is -2.19. The molecule has 152 valence electrons. The van der Waals surface area contributed by atoms with E-state index in [1.807, 2.05) is 36.4 Å². The lowest BCUT2D eigenvalue weighted by molar-refractivity contribution is 0.481. The molecule has 8 nitrogen and oxygen atoms in total. The van der Waals surface area contributed by atoms with Gasteiger partial charge in [-0.05, 0) is 48.6 Å². The largest absolute Gasteiger partial charge is 0.371 e. The Morgan fingerprint density at radius 1 is 1.00 bits per heavy atom. The molecule has 1 aromatic heterocycles. The Balaban J connectivity index is 1.26. The van der Waals surface area contributed by atoms with Gasteiger partial charge in [0.15, 0.2) is 0 Å². The Hall–Kier alpha value is -2.78. The van der Waals surface area contributed by atoms with Crippen LogP contribution < -0.4 is 10.0 Å². The summed E-state index contributed by atoms with van der Waals surface area (Å²) in [4.78, 5) is 4.06. The van der Waals surface area contributed by atoms with Crippen molar-refractivity contribution in [2.45, 2.75) is 37.1 Å². The monoisotopic (exact) mass is 412 g/mol. The van der Waals surface area contributed by atoms with E-state index in [0.29, 0.717) is 5.82 Å². The molecule has 3 aromatic rings. The number of rotatable bonds is 8. The van der Waals surface area contributed by atoms with Gasteiger partial charge in [-0.3, -0.25) is 0 Å². The van der Waals surface area contributed by atoms with Crippen molar-refractivity contribution in [2.24, 2.45) is 5.14 Å². The maximum atomic E-state index is 11.6. The van der Waals surface area contributed by atoms with Crippen LogP contribution in [0.25, 0.3) is 11.4 Å². The van der Waals surface area contributed by atoms with Crippen molar-refractivity contribution in [3.8, 4) is 11.4 Å². The van der Waals surface area contributed by atoms with Crippen molar-refractivity contribution in [3.63, 3.8) is 0 Å². The van der Waals surface area contributed by atoms with Gasteiger partial charge in [0.25, 0.3) is 0 Å². The van der Waals surface area contributed by atoms with E-state index in [9.17, 15) is 8.42 Å². The molecule has 4 rings (SSSR count). The number of primary sulfonamides is 1.